The smallest absolute Gasteiger partial charge is 0.227 e. The zero-order chi connectivity index (χ0) is 17.8. The van der Waals surface area contributed by atoms with Crippen molar-refractivity contribution in [2.45, 2.75) is 33.1 Å². The van der Waals surface area contributed by atoms with Crippen LogP contribution in [0.15, 0.2) is 42.5 Å². The van der Waals surface area contributed by atoms with E-state index in [0.717, 1.165) is 36.1 Å². The minimum absolute atomic E-state index is 0.0210. The van der Waals surface area contributed by atoms with Crippen LogP contribution in [-0.4, -0.2) is 19.0 Å². The summed E-state index contributed by atoms with van der Waals surface area (Å²) in [5.41, 5.74) is 3.84. The maximum atomic E-state index is 13.9. The van der Waals surface area contributed by atoms with Gasteiger partial charge >= 0.3 is 0 Å². The molecular formula is C21H25FN2O. The Bertz CT molecular complexity index is 751. The Morgan fingerprint density at radius 2 is 1.88 bits per heavy atom. The molecule has 1 amide bonds. The van der Waals surface area contributed by atoms with E-state index in [4.69, 9.17) is 0 Å². The van der Waals surface area contributed by atoms with Gasteiger partial charge in [-0.2, -0.15) is 0 Å². The van der Waals surface area contributed by atoms with Gasteiger partial charge in [0.2, 0.25) is 5.91 Å². The molecule has 1 N–H and O–H groups in total. The van der Waals surface area contributed by atoms with Gasteiger partial charge in [0.05, 0.1) is 5.69 Å². The largest absolute Gasteiger partial charge is 0.369 e. The summed E-state index contributed by atoms with van der Waals surface area (Å²) in [6.45, 7) is 5.52. The number of halogens is 1. The molecule has 0 radical (unpaired) electrons. The predicted molar refractivity (Wildman–Crippen MR) is 101 cm³/mol. The third kappa shape index (κ3) is 3.84. The molecule has 0 unspecified atom stereocenters. The summed E-state index contributed by atoms with van der Waals surface area (Å²) in [5.74, 6) is -0.137. The van der Waals surface area contributed by atoms with Crippen LogP contribution in [0.25, 0.3) is 0 Å². The summed E-state index contributed by atoms with van der Waals surface area (Å²) in [6.07, 6.45) is 2.38. The summed E-state index contributed by atoms with van der Waals surface area (Å²) in [5, 5.41) is 3.13. The Hall–Kier alpha value is -2.36. The number of aryl methyl sites for hydroxylation is 2. The lowest BCUT2D eigenvalue weighted by molar-refractivity contribution is -0.120. The van der Waals surface area contributed by atoms with E-state index < -0.39 is 0 Å². The molecule has 3 rings (SSSR count). The molecule has 2 aromatic carbocycles. The van der Waals surface area contributed by atoms with Gasteiger partial charge in [0, 0.05) is 24.7 Å². The van der Waals surface area contributed by atoms with Crippen molar-refractivity contribution in [3.63, 3.8) is 0 Å². The highest BCUT2D eigenvalue weighted by Crippen LogP contribution is 2.27. The molecule has 25 heavy (non-hydrogen) atoms. The number of anilines is 2. The van der Waals surface area contributed by atoms with Crippen LogP contribution in [0.3, 0.4) is 0 Å². The third-order valence-corrected chi connectivity index (χ3v) is 5.05. The molecule has 4 heteroatoms. The molecule has 0 atom stereocenters. The van der Waals surface area contributed by atoms with Crippen LogP contribution in [0, 0.1) is 18.7 Å². The second kappa shape index (κ2) is 7.68. The first kappa shape index (κ1) is 17.5. The van der Waals surface area contributed by atoms with Gasteiger partial charge in [-0.05, 0) is 49.4 Å². The molecular weight excluding hydrogens is 315 g/mol. The van der Waals surface area contributed by atoms with Gasteiger partial charge < -0.3 is 10.2 Å². The van der Waals surface area contributed by atoms with E-state index in [1.165, 1.54) is 6.07 Å². The average molecular weight is 340 g/mol. The molecule has 0 aliphatic carbocycles. The fourth-order valence-electron chi connectivity index (χ4n) is 3.52. The maximum absolute atomic E-state index is 13.9. The predicted octanol–water partition coefficient (Wildman–Crippen LogP) is 4.55. The maximum Gasteiger partial charge on any atom is 0.227 e. The van der Waals surface area contributed by atoms with Gasteiger partial charge in [0.15, 0.2) is 0 Å². The lowest BCUT2D eigenvalue weighted by Gasteiger charge is -2.33. The molecule has 0 saturated carbocycles. The first-order chi connectivity index (χ1) is 12.1. The molecule has 1 fully saturated rings. The van der Waals surface area contributed by atoms with Gasteiger partial charge in [0.25, 0.3) is 0 Å². The van der Waals surface area contributed by atoms with Crippen LogP contribution in [0.4, 0.5) is 15.8 Å². The van der Waals surface area contributed by atoms with Crippen molar-refractivity contribution in [3.05, 3.63) is 59.4 Å². The van der Waals surface area contributed by atoms with Crippen LogP contribution in [0.1, 0.15) is 30.9 Å². The number of para-hydroxylation sites is 2. The Morgan fingerprint density at radius 3 is 2.56 bits per heavy atom. The molecule has 1 aliphatic heterocycles. The number of benzene rings is 2. The van der Waals surface area contributed by atoms with Crippen molar-refractivity contribution in [1.29, 1.82) is 0 Å². The molecule has 1 aliphatic rings. The minimum Gasteiger partial charge on any atom is -0.369 e. The van der Waals surface area contributed by atoms with Gasteiger partial charge in [-0.1, -0.05) is 37.3 Å². The molecule has 1 saturated heterocycles. The highest BCUT2D eigenvalue weighted by Gasteiger charge is 2.26. The number of amides is 1. The van der Waals surface area contributed by atoms with Gasteiger partial charge in [0.1, 0.15) is 5.82 Å². The molecule has 0 spiro atoms. The first-order valence-corrected chi connectivity index (χ1v) is 8.99. The fourth-order valence-corrected chi connectivity index (χ4v) is 3.52. The zero-order valence-electron chi connectivity index (χ0n) is 14.9. The van der Waals surface area contributed by atoms with E-state index in [9.17, 15) is 9.18 Å². The molecule has 1 heterocycles. The second-order valence-electron chi connectivity index (χ2n) is 6.66. The number of hydrogen-bond acceptors (Lipinski definition) is 2. The van der Waals surface area contributed by atoms with Crippen molar-refractivity contribution in [3.8, 4) is 0 Å². The van der Waals surface area contributed by atoms with Crippen LogP contribution in [0.5, 0.6) is 0 Å². The van der Waals surface area contributed by atoms with E-state index in [-0.39, 0.29) is 17.6 Å². The number of carbonyl (C=O) groups is 1. The van der Waals surface area contributed by atoms with Crippen molar-refractivity contribution in [2.75, 3.05) is 23.3 Å². The van der Waals surface area contributed by atoms with Crippen molar-refractivity contribution in [2.24, 2.45) is 5.92 Å². The highest BCUT2D eigenvalue weighted by atomic mass is 19.1. The monoisotopic (exact) mass is 340 g/mol. The number of hydrogen-bond donors (Lipinski definition) is 1. The Morgan fingerprint density at radius 1 is 1.16 bits per heavy atom. The van der Waals surface area contributed by atoms with E-state index in [0.29, 0.717) is 18.8 Å². The summed E-state index contributed by atoms with van der Waals surface area (Å²) in [6, 6.07) is 12.9. The lowest BCUT2D eigenvalue weighted by Crippen LogP contribution is -2.38. The quantitative estimate of drug-likeness (QED) is 0.885. The summed E-state index contributed by atoms with van der Waals surface area (Å²) >= 11 is 0. The van der Waals surface area contributed by atoms with Crippen molar-refractivity contribution < 1.29 is 9.18 Å². The van der Waals surface area contributed by atoms with E-state index in [1.807, 2.05) is 30.0 Å². The van der Waals surface area contributed by atoms with Gasteiger partial charge in [-0.25, -0.2) is 4.39 Å². The Balaban J connectivity index is 1.64. The number of nitrogens with zero attached hydrogens (tertiary/aromatic N) is 1. The van der Waals surface area contributed by atoms with Crippen LogP contribution >= 0.6 is 0 Å². The zero-order valence-corrected chi connectivity index (χ0v) is 14.9. The molecule has 3 nitrogen and oxygen atoms in total. The van der Waals surface area contributed by atoms with Crippen LogP contribution in [0.2, 0.25) is 0 Å². The number of piperidine rings is 1. The van der Waals surface area contributed by atoms with E-state index >= 15 is 0 Å². The summed E-state index contributed by atoms with van der Waals surface area (Å²) in [7, 11) is 0. The highest BCUT2D eigenvalue weighted by molar-refractivity contribution is 5.94. The lowest BCUT2D eigenvalue weighted by atomic mass is 9.94. The normalized spacial score (nSPS) is 15.2. The average Bonchev–Trinajstić information content (AvgIpc) is 2.64. The first-order valence-electron chi connectivity index (χ1n) is 8.99. The van der Waals surface area contributed by atoms with E-state index in [2.05, 4.69) is 18.3 Å². The fraction of sp³-hybridized carbons (Fsp3) is 0.381. The second-order valence-corrected chi connectivity index (χ2v) is 6.66. The topological polar surface area (TPSA) is 32.3 Å². The molecule has 132 valence electrons. The van der Waals surface area contributed by atoms with Crippen molar-refractivity contribution in [1.82, 2.24) is 0 Å². The van der Waals surface area contributed by atoms with Gasteiger partial charge in [-0.3, -0.25) is 4.79 Å². The Labute approximate surface area is 148 Å². The molecule has 2 aromatic rings. The van der Waals surface area contributed by atoms with Crippen molar-refractivity contribution >= 4 is 17.3 Å². The number of carbonyl (C=O) groups excluding carboxylic acids is 1. The molecule has 0 aromatic heterocycles. The number of nitrogens with one attached hydrogen (secondary N) is 1. The van der Waals surface area contributed by atoms with Gasteiger partial charge in [-0.15, -0.1) is 0 Å². The SMILES string of the molecule is CCc1cccc(C)c1NC(=O)C1CCN(c2ccccc2F)CC1. The minimum atomic E-state index is -0.196. The van der Waals surface area contributed by atoms with E-state index in [1.54, 1.807) is 12.1 Å². The summed E-state index contributed by atoms with van der Waals surface area (Å²) < 4.78 is 13.9. The summed E-state index contributed by atoms with van der Waals surface area (Å²) in [4.78, 5) is 14.7. The third-order valence-electron chi connectivity index (χ3n) is 5.05. The Kier molecular flexibility index (Phi) is 5.37. The standard InChI is InChI=1S/C21H25FN2O/c1-3-16-8-6-7-15(2)20(16)23-21(25)17-11-13-24(14-12-17)19-10-5-4-9-18(19)22/h4-10,17H,3,11-14H2,1-2H3,(H,23,25). The molecule has 0 bridgehead atoms. The van der Waals surface area contributed by atoms with Crippen LogP contribution < -0.4 is 10.2 Å². The van der Waals surface area contributed by atoms with Crippen LogP contribution in [-0.2, 0) is 11.2 Å². The number of rotatable bonds is 4.